The number of ether oxygens (including phenoxy) is 1. The zero-order chi connectivity index (χ0) is 16.7. The van der Waals surface area contributed by atoms with Crippen molar-refractivity contribution >= 4 is 5.71 Å². The van der Waals surface area contributed by atoms with Crippen molar-refractivity contribution in [3.05, 3.63) is 83.9 Å². The second kappa shape index (κ2) is 7.63. The number of aliphatic hydroxyl groups is 1. The van der Waals surface area contributed by atoms with E-state index in [-0.39, 0.29) is 11.4 Å². The largest absolute Gasteiger partial charge is 0.480 e. The van der Waals surface area contributed by atoms with Gasteiger partial charge in [0, 0.05) is 11.1 Å². The van der Waals surface area contributed by atoms with Crippen molar-refractivity contribution in [2.45, 2.75) is 20.8 Å². The van der Waals surface area contributed by atoms with Gasteiger partial charge in [-0.05, 0) is 5.41 Å². The molecule has 0 aliphatic heterocycles. The number of hydrogen-bond donors (Lipinski definition) is 1. The topological polar surface area (TPSA) is 41.8 Å². The lowest BCUT2D eigenvalue weighted by atomic mass is 9.99. The van der Waals surface area contributed by atoms with Gasteiger partial charge in [-0.15, -0.1) is 0 Å². The molecule has 0 amide bonds. The van der Waals surface area contributed by atoms with Crippen LogP contribution < -0.4 is 0 Å². The highest BCUT2D eigenvalue weighted by molar-refractivity contribution is 6.13. The summed E-state index contributed by atoms with van der Waals surface area (Å²) in [5.41, 5.74) is 2.74. The van der Waals surface area contributed by atoms with E-state index in [4.69, 9.17) is 4.74 Å². The molecule has 0 heterocycles. The van der Waals surface area contributed by atoms with Gasteiger partial charge in [0.2, 0.25) is 0 Å². The average molecular weight is 309 g/mol. The first-order chi connectivity index (χ1) is 11.0. The Kier molecular flexibility index (Phi) is 5.58. The van der Waals surface area contributed by atoms with Crippen LogP contribution in [-0.4, -0.2) is 17.4 Å². The summed E-state index contributed by atoms with van der Waals surface area (Å²) < 4.78 is 5.34. The summed E-state index contributed by atoms with van der Waals surface area (Å²) in [6, 6.07) is 19.8. The van der Waals surface area contributed by atoms with Crippen molar-refractivity contribution in [1.29, 1.82) is 0 Å². The standard InChI is InChI=1S/C20H23NO2/c1-20(2,3)15-23-18(22)14-21-19(16-10-6-4-7-11-16)17-12-8-5-9-13-17/h4-14,22H,15H2,1-3H3/b18-14+. The van der Waals surface area contributed by atoms with Crippen LogP contribution in [0.4, 0.5) is 0 Å². The van der Waals surface area contributed by atoms with Crippen molar-refractivity contribution in [2.24, 2.45) is 10.4 Å². The van der Waals surface area contributed by atoms with Crippen molar-refractivity contribution in [3.63, 3.8) is 0 Å². The number of nitrogens with zero attached hydrogens (tertiary/aromatic N) is 1. The molecule has 0 aliphatic rings. The van der Waals surface area contributed by atoms with E-state index in [1.807, 2.05) is 81.4 Å². The van der Waals surface area contributed by atoms with Crippen LogP contribution in [0.1, 0.15) is 31.9 Å². The van der Waals surface area contributed by atoms with E-state index in [0.29, 0.717) is 6.61 Å². The van der Waals surface area contributed by atoms with Crippen LogP contribution in [-0.2, 0) is 4.74 Å². The van der Waals surface area contributed by atoms with Crippen molar-refractivity contribution in [1.82, 2.24) is 0 Å². The summed E-state index contributed by atoms with van der Waals surface area (Å²) in [6.45, 7) is 6.56. The molecular weight excluding hydrogens is 286 g/mol. The smallest absolute Gasteiger partial charge is 0.295 e. The Hall–Kier alpha value is -2.55. The fraction of sp³-hybridized carbons (Fsp3) is 0.250. The van der Waals surface area contributed by atoms with E-state index in [9.17, 15) is 5.11 Å². The predicted molar refractivity (Wildman–Crippen MR) is 94.6 cm³/mol. The van der Waals surface area contributed by atoms with Gasteiger partial charge in [0.15, 0.2) is 0 Å². The molecule has 0 aromatic heterocycles. The van der Waals surface area contributed by atoms with Crippen molar-refractivity contribution in [2.75, 3.05) is 6.61 Å². The maximum absolute atomic E-state index is 9.89. The molecule has 0 aliphatic carbocycles. The molecule has 3 heteroatoms. The summed E-state index contributed by atoms with van der Waals surface area (Å²) in [7, 11) is 0. The Labute approximate surface area is 138 Å². The summed E-state index contributed by atoms with van der Waals surface area (Å²) in [4.78, 5) is 4.44. The molecule has 120 valence electrons. The minimum atomic E-state index is -0.177. The highest BCUT2D eigenvalue weighted by Gasteiger charge is 2.11. The average Bonchev–Trinajstić information content (AvgIpc) is 2.54. The Morgan fingerprint density at radius 2 is 1.43 bits per heavy atom. The van der Waals surface area contributed by atoms with Crippen LogP contribution in [0, 0.1) is 5.41 Å². The third-order valence-electron chi connectivity index (χ3n) is 3.05. The van der Waals surface area contributed by atoms with Crippen molar-refractivity contribution in [3.8, 4) is 0 Å². The fourth-order valence-electron chi connectivity index (χ4n) is 1.96. The van der Waals surface area contributed by atoms with E-state index >= 15 is 0 Å². The first-order valence-corrected chi connectivity index (χ1v) is 7.66. The molecule has 2 aromatic carbocycles. The molecule has 0 fully saturated rings. The molecule has 0 radical (unpaired) electrons. The third-order valence-corrected chi connectivity index (χ3v) is 3.05. The van der Waals surface area contributed by atoms with Gasteiger partial charge in [0.25, 0.3) is 5.95 Å². The van der Waals surface area contributed by atoms with E-state index in [0.717, 1.165) is 16.8 Å². The lowest BCUT2D eigenvalue weighted by Gasteiger charge is -2.17. The zero-order valence-electron chi connectivity index (χ0n) is 13.9. The number of aliphatic hydroxyl groups excluding tert-OH is 1. The van der Waals surface area contributed by atoms with E-state index < -0.39 is 0 Å². The Bertz CT molecular complexity index is 626. The van der Waals surface area contributed by atoms with Gasteiger partial charge in [-0.3, -0.25) is 0 Å². The Morgan fingerprint density at radius 3 is 1.87 bits per heavy atom. The fourth-order valence-corrected chi connectivity index (χ4v) is 1.96. The van der Waals surface area contributed by atoms with Gasteiger partial charge in [-0.2, -0.15) is 0 Å². The van der Waals surface area contributed by atoms with Crippen LogP contribution in [0.25, 0.3) is 0 Å². The second-order valence-corrected chi connectivity index (χ2v) is 6.53. The van der Waals surface area contributed by atoms with Crippen LogP contribution in [0.5, 0.6) is 0 Å². The molecule has 2 aromatic rings. The molecule has 2 rings (SSSR count). The normalized spacial score (nSPS) is 11.9. The minimum Gasteiger partial charge on any atom is -0.480 e. The number of rotatable bonds is 5. The van der Waals surface area contributed by atoms with Crippen LogP contribution in [0.15, 0.2) is 77.8 Å². The molecule has 3 nitrogen and oxygen atoms in total. The monoisotopic (exact) mass is 309 g/mol. The second-order valence-electron chi connectivity index (χ2n) is 6.53. The van der Waals surface area contributed by atoms with Gasteiger partial charge in [0.05, 0.1) is 12.3 Å². The molecule has 0 atom stereocenters. The van der Waals surface area contributed by atoms with Crippen molar-refractivity contribution < 1.29 is 9.84 Å². The first kappa shape index (κ1) is 16.8. The molecule has 0 unspecified atom stereocenters. The molecule has 23 heavy (non-hydrogen) atoms. The third kappa shape index (κ3) is 5.62. The van der Waals surface area contributed by atoms with E-state index in [1.165, 1.54) is 6.20 Å². The first-order valence-electron chi connectivity index (χ1n) is 7.66. The maximum atomic E-state index is 9.89. The molecule has 0 spiro atoms. The van der Waals surface area contributed by atoms with Gasteiger partial charge >= 0.3 is 0 Å². The summed E-state index contributed by atoms with van der Waals surface area (Å²) in [5, 5.41) is 9.89. The molecule has 0 saturated heterocycles. The van der Waals surface area contributed by atoms with Crippen LogP contribution in [0.3, 0.4) is 0 Å². The number of benzene rings is 2. The molecule has 0 saturated carbocycles. The zero-order valence-corrected chi connectivity index (χ0v) is 13.9. The van der Waals surface area contributed by atoms with Crippen LogP contribution >= 0.6 is 0 Å². The summed E-state index contributed by atoms with van der Waals surface area (Å²) >= 11 is 0. The highest BCUT2D eigenvalue weighted by atomic mass is 16.6. The quantitative estimate of drug-likeness (QED) is 0.627. The van der Waals surface area contributed by atoms with Gasteiger partial charge < -0.3 is 9.84 Å². The van der Waals surface area contributed by atoms with E-state index in [1.54, 1.807) is 0 Å². The van der Waals surface area contributed by atoms with E-state index in [2.05, 4.69) is 4.99 Å². The Balaban J connectivity index is 2.28. The number of aliphatic imine (C=N–C) groups is 1. The summed E-state index contributed by atoms with van der Waals surface area (Å²) in [6.07, 6.45) is 1.36. The SMILES string of the molecule is CC(C)(C)CO/C(O)=C/N=C(c1ccccc1)c1ccccc1. The van der Waals surface area contributed by atoms with Gasteiger partial charge in [-0.1, -0.05) is 81.4 Å². The Morgan fingerprint density at radius 1 is 0.957 bits per heavy atom. The molecular formula is C20H23NO2. The highest BCUT2D eigenvalue weighted by Crippen LogP contribution is 2.15. The summed E-state index contributed by atoms with van der Waals surface area (Å²) in [5.74, 6) is -0.177. The maximum Gasteiger partial charge on any atom is 0.295 e. The lowest BCUT2D eigenvalue weighted by Crippen LogP contribution is -2.14. The van der Waals surface area contributed by atoms with Gasteiger partial charge in [0.1, 0.15) is 6.20 Å². The van der Waals surface area contributed by atoms with Crippen LogP contribution in [0.2, 0.25) is 0 Å². The van der Waals surface area contributed by atoms with Gasteiger partial charge in [-0.25, -0.2) is 4.99 Å². The lowest BCUT2D eigenvalue weighted by molar-refractivity contribution is 0.0478. The molecule has 0 bridgehead atoms. The molecule has 1 N–H and O–H groups in total. The number of hydrogen-bond acceptors (Lipinski definition) is 3. The minimum absolute atomic E-state index is 0.0206. The predicted octanol–water partition coefficient (Wildman–Crippen LogP) is 4.94.